The third-order valence-corrected chi connectivity index (χ3v) is 2.02. The normalized spacial score (nSPS) is 15.9. The standard InChI is InChI=1S/C10H23NO3/c1-8(2)6-9(11)10(7-12)14-5-4-13-3/h8-10,12H,4-7,11H2,1-3H3. The topological polar surface area (TPSA) is 64.7 Å². The summed E-state index contributed by atoms with van der Waals surface area (Å²) in [7, 11) is 1.62. The first kappa shape index (κ1) is 13.8. The van der Waals surface area contributed by atoms with Gasteiger partial charge in [0.15, 0.2) is 0 Å². The number of ether oxygens (including phenoxy) is 2. The first-order valence-corrected chi connectivity index (χ1v) is 5.08. The second-order valence-corrected chi connectivity index (χ2v) is 3.88. The van der Waals surface area contributed by atoms with Crippen LogP contribution in [0.2, 0.25) is 0 Å². The van der Waals surface area contributed by atoms with Gasteiger partial charge in [0.2, 0.25) is 0 Å². The van der Waals surface area contributed by atoms with Crippen LogP contribution in [0.5, 0.6) is 0 Å². The van der Waals surface area contributed by atoms with Crippen LogP contribution in [0.1, 0.15) is 20.3 Å². The molecule has 0 aromatic heterocycles. The molecule has 0 rings (SSSR count). The van der Waals surface area contributed by atoms with Crippen LogP contribution >= 0.6 is 0 Å². The van der Waals surface area contributed by atoms with Crippen LogP contribution < -0.4 is 5.73 Å². The van der Waals surface area contributed by atoms with Gasteiger partial charge in [-0.15, -0.1) is 0 Å². The Hall–Kier alpha value is -0.160. The zero-order valence-corrected chi connectivity index (χ0v) is 9.40. The fraction of sp³-hybridized carbons (Fsp3) is 1.00. The van der Waals surface area contributed by atoms with Crippen molar-refractivity contribution in [2.45, 2.75) is 32.4 Å². The average molecular weight is 205 g/mol. The number of aliphatic hydroxyl groups excluding tert-OH is 1. The molecular formula is C10H23NO3. The van der Waals surface area contributed by atoms with Gasteiger partial charge < -0.3 is 20.3 Å². The Morgan fingerprint density at radius 1 is 1.29 bits per heavy atom. The fourth-order valence-electron chi connectivity index (χ4n) is 1.29. The summed E-state index contributed by atoms with van der Waals surface area (Å²) in [5, 5.41) is 9.06. The summed E-state index contributed by atoms with van der Waals surface area (Å²) in [6.45, 7) is 5.18. The van der Waals surface area contributed by atoms with Crippen molar-refractivity contribution in [1.82, 2.24) is 0 Å². The molecule has 0 saturated heterocycles. The molecule has 0 spiro atoms. The van der Waals surface area contributed by atoms with Crippen molar-refractivity contribution in [1.29, 1.82) is 0 Å². The van der Waals surface area contributed by atoms with E-state index >= 15 is 0 Å². The molecule has 0 amide bonds. The molecule has 0 heterocycles. The maximum atomic E-state index is 9.06. The van der Waals surface area contributed by atoms with Gasteiger partial charge in [-0.1, -0.05) is 13.8 Å². The van der Waals surface area contributed by atoms with Crippen LogP contribution in [0.25, 0.3) is 0 Å². The van der Waals surface area contributed by atoms with E-state index < -0.39 is 0 Å². The van der Waals surface area contributed by atoms with E-state index in [2.05, 4.69) is 13.8 Å². The summed E-state index contributed by atoms with van der Waals surface area (Å²) >= 11 is 0. The fourth-order valence-corrected chi connectivity index (χ4v) is 1.29. The molecule has 0 radical (unpaired) electrons. The van der Waals surface area contributed by atoms with Gasteiger partial charge in [0, 0.05) is 13.2 Å². The lowest BCUT2D eigenvalue weighted by atomic mass is 10.0. The summed E-state index contributed by atoms with van der Waals surface area (Å²) in [5.74, 6) is 0.519. The zero-order chi connectivity index (χ0) is 11.0. The van der Waals surface area contributed by atoms with Gasteiger partial charge in [-0.05, 0) is 12.3 Å². The Bertz CT molecular complexity index is 131. The van der Waals surface area contributed by atoms with Crippen molar-refractivity contribution in [3.63, 3.8) is 0 Å². The third kappa shape index (κ3) is 6.32. The summed E-state index contributed by atoms with van der Waals surface area (Å²) in [6, 6.07) is -0.100. The molecule has 0 aliphatic carbocycles. The molecule has 4 nitrogen and oxygen atoms in total. The second kappa shape index (κ2) is 8.17. The van der Waals surface area contributed by atoms with Gasteiger partial charge in [0.1, 0.15) is 0 Å². The SMILES string of the molecule is COCCOC(CO)C(N)CC(C)C. The van der Waals surface area contributed by atoms with Crippen molar-refractivity contribution in [2.75, 3.05) is 26.9 Å². The predicted molar refractivity (Wildman–Crippen MR) is 56.1 cm³/mol. The first-order valence-electron chi connectivity index (χ1n) is 5.08. The maximum Gasteiger partial charge on any atom is 0.0957 e. The molecule has 3 N–H and O–H groups in total. The van der Waals surface area contributed by atoms with Crippen LogP contribution in [0, 0.1) is 5.92 Å². The van der Waals surface area contributed by atoms with Gasteiger partial charge in [0.05, 0.1) is 25.9 Å². The maximum absolute atomic E-state index is 9.06. The summed E-state index contributed by atoms with van der Waals surface area (Å²) < 4.78 is 10.2. The minimum absolute atomic E-state index is 0.0302. The summed E-state index contributed by atoms with van der Waals surface area (Å²) in [6.07, 6.45) is 0.589. The number of rotatable bonds is 8. The number of aliphatic hydroxyl groups is 1. The Balaban J connectivity index is 3.74. The van der Waals surface area contributed by atoms with Crippen molar-refractivity contribution in [3.8, 4) is 0 Å². The Morgan fingerprint density at radius 3 is 2.36 bits per heavy atom. The lowest BCUT2D eigenvalue weighted by molar-refractivity contribution is -0.0258. The van der Waals surface area contributed by atoms with Gasteiger partial charge in [-0.25, -0.2) is 0 Å². The average Bonchev–Trinajstić information content (AvgIpc) is 2.11. The molecule has 0 aromatic carbocycles. The van der Waals surface area contributed by atoms with E-state index in [9.17, 15) is 0 Å². The monoisotopic (exact) mass is 205 g/mol. The van der Waals surface area contributed by atoms with Crippen LogP contribution in [-0.4, -0.2) is 44.2 Å². The Kier molecular flexibility index (Phi) is 8.08. The second-order valence-electron chi connectivity index (χ2n) is 3.88. The van der Waals surface area contributed by atoms with E-state index in [1.807, 2.05) is 0 Å². The minimum Gasteiger partial charge on any atom is -0.394 e. The summed E-state index contributed by atoms with van der Waals surface area (Å²) in [5.41, 5.74) is 5.89. The van der Waals surface area contributed by atoms with Gasteiger partial charge >= 0.3 is 0 Å². The molecule has 14 heavy (non-hydrogen) atoms. The highest BCUT2D eigenvalue weighted by Gasteiger charge is 2.18. The first-order chi connectivity index (χ1) is 6.61. The molecule has 0 aliphatic heterocycles. The molecule has 0 bridgehead atoms. The largest absolute Gasteiger partial charge is 0.394 e. The van der Waals surface area contributed by atoms with E-state index in [-0.39, 0.29) is 18.8 Å². The van der Waals surface area contributed by atoms with E-state index in [4.69, 9.17) is 20.3 Å². The third-order valence-electron chi connectivity index (χ3n) is 2.02. The lowest BCUT2D eigenvalue weighted by Gasteiger charge is -2.23. The van der Waals surface area contributed by atoms with Gasteiger partial charge in [-0.3, -0.25) is 0 Å². The molecule has 4 heteroatoms. The zero-order valence-electron chi connectivity index (χ0n) is 9.40. The van der Waals surface area contributed by atoms with Crippen LogP contribution in [0.3, 0.4) is 0 Å². The van der Waals surface area contributed by atoms with Gasteiger partial charge in [0.25, 0.3) is 0 Å². The number of nitrogens with two attached hydrogens (primary N) is 1. The number of hydrogen-bond donors (Lipinski definition) is 2. The van der Waals surface area contributed by atoms with E-state index in [0.29, 0.717) is 19.1 Å². The van der Waals surface area contributed by atoms with Crippen LogP contribution in [0.15, 0.2) is 0 Å². The van der Waals surface area contributed by atoms with Crippen LogP contribution in [0.4, 0.5) is 0 Å². The van der Waals surface area contributed by atoms with Crippen molar-refractivity contribution in [2.24, 2.45) is 11.7 Å². The van der Waals surface area contributed by atoms with E-state index in [1.54, 1.807) is 7.11 Å². The van der Waals surface area contributed by atoms with Gasteiger partial charge in [-0.2, -0.15) is 0 Å². The smallest absolute Gasteiger partial charge is 0.0957 e. The number of methoxy groups -OCH3 is 1. The predicted octanol–water partition coefficient (Wildman–Crippen LogP) is 0.384. The Morgan fingerprint density at radius 2 is 1.93 bits per heavy atom. The highest BCUT2D eigenvalue weighted by atomic mass is 16.5. The number of hydrogen-bond acceptors (Lipinski definition) is 4. The molecular weight excluding hydrogens is 182 g/mol. The van der Waals surface area contributed by atoms with Crippen molar-refractivity contribution >= 4 is 0 Å². The molecule has 0 aliphatic rings. The summed E-state index contributed by atoms with van der Waals surface area (Å²) in [4.78, 5) is 0. The highest BCUT2D eigenvalue weighted by Crippen LogP contribution is 2.08. The molecule has 2 atom stereocenters. The molecule has 2 unspecified atom stereocenters. The van der Waals surface area contributed by atoms with Crippen molar-refractivity contribution in [3.05, 3.63) is 0 Å². The quantitative estimate of drug-likeness (QED) is 0.562. The molecule has 86 valence electrons. The molecule has 0 aromatic rings. The molecule has 0 saturated carbocycles. The lowest BCUT2D eigenvalue weighted by Crippen LogP contribution is -2.40. The Labute approximate surface area is 86.4 Å². The van der Waals surface area contributed by atoms with Crippen LogP contribution in [-0.2, 0) is 9.47 Å². The highest BCUT2D eigenvalue weighted by molar-refractivity contribution is 4.73. The van der Waals surface area contributed by atoms with E-state index in [0.717, 1.165) is 6.42 Å². The van der Waals surface area contributed by atoms with E-state index in [1.165, 1.54) is 0 Å². The molecule has 0 fully saturated rings. The van der Waals surface area contributed by atoms with Crippen molar-refractivity contribution < 1.29 is 14.6 Å². The minimum atomic E-state index is -0.271.